The van der Waals surface area contributed by atoms with Crippen molar-refractivity contribution in [2.75, 3.05) is 6.26 Å². The van der Waals surface area contributed by atoms with Gasteiger partial charge in [-0.05, 0) is 66.9 Å². The molecule has 3 aromatic heterocycles. The molecule has 0 unspecified atom stereocenters. The molecular formula is C29H29FN6O2S. The Kier molecular flexibility index (Phi) is 6.83. The normalized spacial score (nSPS) is 12.4. The van der Waals surface area contributed by atoms with Crippen LogP contribution in [0.3, 0.4) is 0 Å². The number of sulfonamides is 1. The molecule has 0 aliphatic heterocycles. The number of aromatic nitrogens is 5. The van der Waals surface area contributed by atoms with E-state index in [0.717, 1.165) is 62.5 Å². The van der Waals surface area contributed by atoms with Crippen LogP contribution in [0.2, 0.25) is 0 Å². The first kappa shape index (κ1) is 26.3. The highest BCUT2D eigenvalue weighted by Gasteiger charge is 2.18. The van der Waals surface area contributed by atoms with E-state index in [1.807, 2.05) is 55.9 Å². The molecule has 5 rings (SSSR count). The predicted octanol–water partition coefficient (Wildman–Crippen LogP) is 5.38. The van der Waals surface area contributed by atoms with Crippen molar-refractivity contribution in [1.82, 2.24) is 29.5 Å². The fraction of sp³-hybridized carbons (Fsp3) is 0.172. The van der Waals surface area contributed by atoms with Crippen LogP contribution in [-0.4, -0.2) is 39.4 Å². The fourth-order valence-electron chi connectivity index (χ4n) is 4.70. The Balaban J connectivity index is 1.56. The zero-order valence-corrected chi connectivity index (χ0v) is 22.9. The summed E-state index contributed by atoms with van der Waals surface area (Å²) in [6.45, 7) is 7.74. The Morgan fingerprint density at radius 3 is 2.67 bits per heavy atom. The van der Waals surface area contributed by atoms with Crippen molar-refractivity contribution in [1.29, 1.82) is 0 Å². The number of benzene rings is 2. The van der Waals surface area contributed by atoms with Crippen molar-refractivity contribution in [2.45, 2.75) is 20.4 Å². The number of nitrogens with one attached hydrogen (secondary N) is 3. The molecule has 0 saturated carbocycles. The number of allylic oxidation sites excluding steroid dienone is 2. The molecule has 0 spiro atoms. The molecule has 0 aliphatic rings. The van der Waals surface area contributed by atoms with E-state index in [1.54, 1.807) is 12.1 Å². The first-order chi connectivity index (χ1) is 18.5. The standard InChI is InChI=1S/C29H29FN6O2S/c1-6-7-23(21-10-19(11-22(30)12-21)15-32-39(5,37)38)24-14-27(33-17(24)2)29-25-13-20(8-9-26(25)34-35-29)28-16-31-18(3)36(28)4/h6-14,16,32-33H,1,15H2,2-5H3,(H,34,35)/b23-7-. The van der Waals surface area contributed by atoms with E-state index in [-0.39, 0.29) is 6.54 Å². The zero-order valence-electron chi connectivity index (χ0n) is 22.1. The van der Waals surface area contributed by atoms with Crippen LogP contribution in [0, 0.1) is 19.7 Å². The maximum absolute atomic E-state index is 14.6. The smallest absolute Gasteiger partial charge is 0.209 e. The largest absolute Gasteiger partial charge is 0.357 e. The molecule has 2 aromatic carbocycles. The van der Waals surface area contributed by atoms with Crippen LogP contribution >= 0.6 is 0 Å². The average molecular weight is 545 g/mol. The summed E-state index contributed by atoms with van der Waals surface area (Å²) in [5, 5.41) is 8.66. The van der Waals surface area contributed by atoms with Crippen LogP contribution in [0.4, 0.5) is 4.39 Å². The van der Waals surface area contributed by atoms with Crippen LogP contribution in [0.15, 0.2) is 67.4 Å². The SMILES string of the molecule is C=C/C=C(/c1cc(F)cc(CNS(C)(=O)=O)c1)c1cc(-c2n[nH]c3ccc(-c4cnc(C)n4C)cc23)[nH]c1C. The van der Waals surface area contributed by atoms with Crippen LogP contribution in [0.5, 0.6) is 0 Å². The Hall–Kier alpha value is -4.28. The minimum atomic E-state index is -3.42. The van der Waals surface area contributed by atoms with Gasteiger partial charge in [0, 0.05) is 35.8 Å². The number of rotatable bonds is 8. The third-order valence-corrected chi connectivity index (χ3v) is 7.40. The molecule has 8 nitrogen and oxygen atoms in total. The quantitative estimate of drug-likeness (QED) is 0.228. The second-order valence-corrected chi connectivity index (χ2v) is 11.4. The van der Waals surface area contributed by atoms with Crippen LogP contribution < -0.4 is 4.72 Å². The topological polar surface area (TPSA) is 108 Å². The van der Waals surface area contributed by atoms with E-state index in [1.165, 1.54) is 12.1 Å². The van der Waals surface area contributed by atoms with E-state index < -0.39 is 15.8 Å². The van der Waals surface area contributed by atoms with Gasteiger partial charge < -0.3 is 9.55 Å². The summed E-state index contributed by atoms with van der Waals surface area (Å²) in [4.78, 5) is 7.85. The average Bonchev–Trinajstić information content (AvgIpc) is 3.57. The van der Waals surface area contributed by atoms with Crippen molar-refractivity contribution < 1.29 is 12.8 Å². The number of hydrogen-bond donors (Lipinski definition) is 3. The lowest BCUT2D eigenvalue weighted by Crippen LogP contribution is -2.21. The van der Waals surface area contributed by atoms with E-state index >= 15 is 0 Å². The number of imidazole rings is 1. The number of H-pyrrole nitrogens is 2. The molecule has 0 saturated heterocycles. The monoisotopic (exact) mass is 544 g/mol. The third kappa shape index (κ3) is 5.34. The summed E-state index contributed by atoms with van der Waals surface area (Å²) in [6, 6.07) is 12.6. The lowest BCUT2D eigenvalue weighted by atomic mass is 9.95. The van der Waals surface area contributed by atoms with Gasteiger partial charge >= 0.3 is 0 Å². The van der Waals surface area contributed by atoms with Gasteiger partial charge in [-0.15, -0.1) is 0 Å². The first-order valence-corrected chi connectivity index (χ1v) is 14.2. The number of nitrogens with zero attached hydrogens (tertiary/aromatic N) is 3. The molecule has 200 valence electrons. The zero-order chi connectivity index (χ0) is 27.9. The molecule has 39 heavy (non-hydrogen) atoms. The molecule has 3 N–H and O–H groups in total. The highest BCUT2D eigenvalue weighted by Crippen LogP contribution is 2.35. The minimum Gasteiger partial charge on any atom is -0.357 e. The van der Waals surface area contributed by atoms with Crippen LogP contribution in [0.25, 0.3) is 39.1 Å². The van der Waals surface area contributed by atoms with E-state index in [0.29, 0.717) is 11.1 Å². The maximum Gasteiger partial charge on any atom is 0.209 e. The molecular weight excluding hydrogens is 515 g/mol. The lowest BCUT2D eigenvalue weighted by Gasteiger charge is -2.11. The Morgan fingerprint density at radius 1 is 1.18 bits per heavy atom. The van der Waals surface area contributed by atoms with Gasteiger partial charge in [-0.25, -0.2) is 22.5 Å². The summed E-state index contributed by atoms with van der Waals surface area (Å²) < 4.78 is 42.2. The second kappa shape index (κ2) is 10.1. The fourth-order valence-corrected chi connectivity index (χ4v) is 5.12. The van der Waals surface area contributed by atoms with Crippen molar-refractivity contribution in [3.05, 3.63) is 101 Å². The molecule has 0 radical (unpaired) electrons. The Morgan fingerprint density at radius 2 is 1.97 bits per heavy atom. The number of aromatic amines is 2. The Bertz CT molecular complexity index is 1860. The highest BCUT2D eigenvalue weighted by atomic mass is 32.2. The Labute approximate surface area is 226 Å². The van der Waals surface area contributed by atoms with Gasteiger partial charge in [0.15, 0.2) is 0 Å². The van der Waals surface area contributed by atoms with E-state index in [2.05, 4.69) is 37.5 Å². The molecule has 0 aliphatic carbocycles. The second-order valence-electron chi connectivity index (χ2n) is 9.56. The van der Waals surface area contributed by atoms with Gasteiger partial charge in [-0.3, -0.25) is 5.10 Å². The predicted molar refractivity (Wildman–Crippen MR) is 153 cm³/mol. The summed E-state index contributed by atoms with van der Waals surface area (Å²) in [6.07, 6.45) is 6.39. The molecule has 0 atom stereocenters. The molecule has 10 heteroatoms. The van der Waals surface area contributed by atoms with Gasteiger partial charge in [-0.2, -0.15) is 5.10 Å². The molecule has 5 aromatic rings. The third-order valence-electron chi connectivity index (χ3n) is 6.73. The molecule has 0 amide bonds. The number of fused-ring (bicyclic) bond motifs is 1. The van der Waals surface area contributed by atoms with Crippen molar-refractivity contribution in [3.8, 4) is 22.6 Å². The van der Waals surface area contributed by atoms with Crippen LogP contribution in [-0.2, 0) is 23.6 Å². The maximum atomic E-state index is 14.6. The highest BCUT2D eigenvalue weighted by molar-refractivity contribution is 7.88. The van der Waals surface area contributed by atoms with Crippen molar-refractivity contribution in [3.63, 3.8) is 0 Å². The number of aryl methyl sites for hydroxylation is 2. The summed E-state index contributed by atoms with van der Waals surface area (Å²) in [5.41, 5.74) is 8.08. The van der Waals surface area contributed by atoms with Crippen LogP contribution in [0.1, 0.15) is 28.2 Å². The van der Waals surface area contributed by atoms with Gasteiger partial charge in [0.05, 0.1) is 29.4 Å². The summed E-state index contributed by atoms with van der Waals surface area (Å²) in [5.74, 6) is 0.466. The van der Waals surface area contributed by atoms with Gasteiger partial charge in [-0.1, -0.05) is 24.8 Å². The van der Waals surface area contributed by atoms with E-state index in [9.17, 15) is 12.8 Å². The van der Waals surface area contributed by atoms with Crippen molar-refractivity contribution in [2.24, 2.45) is 7.05 Å². The summed E-state index contributed by atoms with van der Waals surface area (Å²) >= 11 is 0. The molecule has 0 fully saturated rings. The van der Waals surface area contributed by atoms with E-state index in [4.69, 9.17) is 0 Å². The molecule has 0 bridgehead atoms. The minimum absolute atomic E-state index is 0.0138. The van der Waals surface area contributed by atoms with Crippen molar-refractivity contribution >= 4 is 26.5 Å². The van der Waals surface area contributed by atoms with Gasteiger partial charge in [0.2, 0.25) is 10.0 Å². The number of hydrogen-bond acceptors (Lipinski definition) is 4. The lowest BCUT2D eigenvalue weighted by molar-refractivity contribution is 0.586. The summed E-state index contributed by atoms with van der Waals surface area (Å²) in [7, 11) is -1.43. The van der Waals surface area contributed by atoms with Gasteiger partial charge in [0.25, 0.3) is 0 Å². The number of halogens is 1. The first-order valence-electron chi connectivity index (χ1n) is 12.3. The van der Waals surface area contributed by atoms with Gasteiger partial charge in [0.1, 0.15) is 17.3 Å². The molecule has 3 heterocycles.